The van der Waals surface area contributed by atoms with Crippen molar-refractivity contribution in [1.29, 1.82) is 0 Å². The molecule has 0 amide bonds. The molecule has 0 aromatic carbocycles. The Morgan fingerprint density at radius 3 is 2.65 bits per heavy atom. The number of nitrogens with zero attached hydrogens (tertiary/aromatic N) is 1. The van der Waals surface area contributed by atoms with Crippen LogP contribution in [0, 0.1) is 13.8 Å². The third-order valence-electron chi connectivity index (χ3n) is 4.13. The van der Waals surface area contributed by atoms with E-state index in [9.17, 15) is 0 Å². The van der Waals surface area contributed by atoms with E-state index in [0.29, 0.717) is 0 Å². The monoisotopic (exact) mass is 232 g/mol. The molecule has 0 spiro atoms. The van der Waals surface area contributed by atoms with Gasteiger partial charge in [0.25, 0.3) is 0 Å². The molecule has 2 heteroatoms. The minimum atomic E-state index is 0.827. The molecule has 2 nitrogen and oxygen atoms in total. The zero-order valence-electron chi connectivity index (χ0n) is 11.1. The first-order valence-electron chi connectivity index (χ1n) is 7.16. The second kappa shape index (κ2) is 4.49. The van der Waals surface area contributed by atoms with E-state index in [4.69, 9.17) is 0 Å². The summed E-state index contributed by atoms with van der Waals surface area (Å²) < 4.78 is 2.56. The lowest BCUT2D eigenvalue weighted by Gasteiger charge is -2.08. The molecule has 2 aliphatic carbocycles. The highest BCUT2D eigenvalue weighted by atomic mass is 15.1. The van der Waals surface area contributed by atoms with Crippen molar-refractivity contribution >= 4 is 0 Å². The Bertz CT molecular complexity index is 397. The predicted molar refractivity (Wildman–Crippen MR) is 71.5 cm³/mol. The van der Waals surface area contributed by atoms with Gasteiger partial charge in [-0.1, -0.05) is 0 Å². The standard InChI is InChI=1S/C15H24N2/c1-11-10-13(4-3-9-16-14-5-6-14)12(2)17(11)15-7-8-15/h10,14-16H,3-9H2,1-2H3. The van der Waals surface area contributed by atoms with Gasteiger partial charge in [-0.15, -0.1) is 0 Å². The first-order chi connectivity index (χ1) is 8.25. The number of aromatic nitrogens is 1. The predicted octanol–water partition coefficient (Wildman–Crippen LogP) is 3.12. The molecule has 2 fully saturated rings. The Balaban J connectivity index is 1.56. The first kappa shape index (κ1) is 11.3. The van der Waals surface area contributed by atoms with Crippen molar-refractivity contribution in [3.8, 4) is 0 Å². The molecule has 1 aromatic rings. The fraction of sp³-hybridized carbons (Fsp3) is 0.733. The van der Waals surface area contributed by atoms with Gasteiger partial charge in [0, 0.05) is 23.5 Å². The fourth-order valence-corrected chi connectivity index (χ4v) is 2.87. The van der Waals surface area contributed by atoms with Gasteiger partial charge in [-0.25, -0.2) is 0 Å². The van der Waals surface area contributed by atoms with E-state index in [1.54, 1.807) is 5.56 Å². The Labute approximate surface area is 104 Å². The Morgan fingerprint density at radius 2 is 2.00 bits per heavy atom. The van der Waals surface area contributed by atoms with Gasteiger partial charge in [0.1, 0.15) is 0 Å². The molecule has 17 heavy (non-hydrogen) atoms. The van der Waals surface area contributed by atoms with Crippen LogP contribution < -0.4 is 5.32 Å². The molecule has 94 valence electrons. The van der Waals surface area contributed by atoms with Crippen molar-refractivity contribution in [2.45, 2.75) is 64.5 Å². The maximum absolute atomic E-state index is 3.60. The molecule has 1 aromatic heterocycles. The van der Waals surface area contributed by atoms with E-state index in [1.807, 2.05) is 0 Å². The highest BCUT2D eigenvalue weighted by Gasteiger charge is 2.26. The second-order valence-corrected chi connectivity index (χ2v) is 5.83. The van der Waals surface area contributed by atoms with Gasteiger partial charge in [-0.05, 0) is 70.5 Å². The highest BCUT2D eigenvalue weighted by molar-refractivity contribution is 5.28. The third-order valence-corrected chi connectivity index (χ3v) is 4.13. The molecule has 0 atom stereocenters. The molecule has 1 heterocycles. The van der Waals surface area contributed by atoms with Gasteiger partial charge in [0.15, 0.2) is 0 Å². The topological polar surface area (TPSA) is 17.0 Å². The van der Waals surface area contributed by atoms with E-state index in [-0.39, 0.29) is 0 Å². The van der Waals surface area contributed by atoms with Gasteiger partial charge in [-0.3, -0.25) is 0 Å². The lowest BCUT2D eigenvalue weighted by molar-refractivity contribution is 0.641. The van der Waals surface area contributed by atoms with Crippen LogP contribution in [-0.2, 0) is 6.42 Å². The van der Waals surface area contributed by atoms with Crippen molar-refractivity contribution in [2.24, 2.45) is 0 Å². The summed E-state index contributed by atoms with van der Waals surface area (Å²) in [6.07, 6.45) is 8.10. The molecule has 3 rings (SSSR count). The van der Waals surface area contributed by atoms with Crippen LogP contribution >= 0.6 is 0 Å². The SMILES string of the molecule is Cc1cc(CCCNC2CC2)c(C)n1C1CC1. The lowest BCUT2D eigenvalue weighted by Crippen LogP contribution is -2.17. The average Bonchev–Trinajstić information content (AvgIpc) is 3.16. The summed E-state index contributed by atoms with van der Waals surface area (Å²) in [6, 6.07) is 4.09. The van der Waals surface area contributed by atoms with Crippen LogP contribution in [0.15, 0.2) is 6.07 Å². The number of nitrogens with one attached hydrogen (secondary N) is 1. The van der Waals surface area contributed by atoms with Gasteiger partial charge < -0.3 is 9.88 Å². The normalized spacial score (nSPS) is 19.9. The number of aryl methyl sites for hydroxylation is 2. The van der Waals surface area contributed by atoms with Gasteiger partial charge >= 0.3 is 0 Å². The number of hydrogen-bond acceptors (Lipinski definition) is 1. The average molecular weight is 232 g/mol. The zero-order valence-corrected chi connectivity index (χ0v) is 11.1. The second-order valence-electron chi connectivity index (χ2n) is 5.83. The maximum Gasteiger partial charge on any atom is 0.0337 e. The third kappa shape index (κ3) is 2.57. The Morgan fingerprint density at radius 1 is 1.24 bits per heavy atom. The van der Waals surface area contributed by atoms with Gasteiger partial charge in [0.2, 0.25) is 0 Å². The van der Waals surface area contributed by atoms with Crippen molar-refractivity contribution in [3.63, 3.8) is 0 Å². The Kier molecular flexibility index (Phi) is 2.99. The number of hydrogen-bond donors (Lipinski definition) is 1. The zero-order chi connectivity index (χ0) is 11.8. The van der Waals surface area contributed by atoms with Crippen LogP contribution in [0.1, 0.15) is 55.1 Å². The summed E-state index contributed by atoms with van der Waals surface area (Å²) in [7, 11) is 0. The van der Waals surface area contributed by atoms with Crippen LogP contribution in [0.2, 0.25) is 0 Å². The van der Waals surface area contributed by atoms with Crippen molar-refractivity contribution in [2.75, 3.05) is 6.54 Å². The van der Waals surface area contributed by atoms with E-state index < -0.39 is 0 Å². The van der Waals surface area contributed by atoms with Crippen molar-refractivity contribution < 1.29 is 0 Å². The van der Waals surface area contributed by atoms with E-state index >= 15 is 0 Å². The molecule has 1 N–H and O–H groups in total. The maximum atomic E-state index is 3.60. The largest absolute Gasteiger partial charge is 0.346 e. The van der Waals surface area contributed by atoms with Crippen LogP contribution in [-0.4, -0.2) is 17.2 Å². The van der Waals surface area contributed by atoms with Crippen LogP contribution in [0.25, 0.3) is 0 Å². The molecular weight excluding hydrogens is 208 g/mol. The first-order valence-corrected chi connectivity index (χ1v) is 7.16. The summed E-state index contributed by atoms with van der Waals surface area (Å²) in [5.41, 5.74) is 4.57. The molecule has 0 bridgehead atoms. The van der Waals surface area contributed by atoms with Crippen LogP contribution in [0.4, 0.5) is 0 Å². The van der Waals surface area contributed by atoms with Gasteiger partial charge in [-0.2, -0.15) is 0 Å². The molecular formula is C15H24N2. The van der Waals surface area contributed by atoms with Crippen molar-refractivity contribution in [3.05, 3.63) is 23.0 Å². The summed E-state index contributed by atoms with van der Waals surface area (Å²) in [6.45, 7) is 5.75. The van der Waals surface area contributed by atoms with Crippen molar-refractivity contribution in [1.82, 2.24) is 9.88 Å². The summed E-state index contributed by atoms with van der Waals surface area (Å²) in [5, 5.41) is 3.60. The van der Waals surface area contributed by atoms with Crippen LogP contribution in [0.3, 0.4) is 0 Å². The highest BCUT2D eigenvalue weighted by Crippen LogP contribution is 2.38. The molecule has 2 saturated carbocycles. The molecule has 0 aliphatic heterocycles. The lowest BCUT2D eigenvalue weighted by atomic mass is 10.1. The minimum absolute atomic E-state index is 0.827. The molecule has 0 unspecified atom stereocenters. The van der Waals surface area contributed by atoms with E-state index in [0.717, 1.165) is 12.1 Å². The molecule has 2 aliphatic rings. The van der Waals surface area contributed by atoms with Crippen LogP contribution in [0.5, 0.6) is 0 Å². The summed E-state index contributed by atoms with van der Waals surface area (Å²) in [4.78, 5) is 0. The fourth-order valence-electron chi connectivity index (χ4n) is 2.87. The van der Waals surface area contributed by atoms with E-state index in [1.165, 1.54) is 56.5 Å². The smallest absolute Gasteiger partial charge is 0.0337 e. The molecule has 0 radical (unpaired) electrons. The minimum Gasteiger partial charge on any atom is -0.346 e. The van der Waals surface area contributed by atoms with E-state index in [2.05, 4.69) is 29.8 Å². The molecule has 0 saturated heterocycles. The summed E-state index contributed by atoms with van der Waals surface area (Å²) in [5.74, 6) is 0. The van der Waals surface area contributed by atoms with Gasteiger partial charge in [0.05, 0.1) is 0 Å². The number of rotatable bonds is 6. The Hall–Kier alpha value is -0.760. The summed E-state index contributed by atoms with van der Waals surface area (Å²) >= 11 is 0. The quantitative estimate of drug-likeness (QED) is 0.746.